The second kappa shape index (κ2) is 9.40. The molecule has 1 aliphatic rings. The number of phenolic OH excluding ortho intramolecular Hbond substituents is 1. The number of aryl methyl sites for hydroxylation is 1. The number of hydrogen-bond donors (Lipinski definition) is 2. The van der Waals surface area contributed by atoms with E-state index in [0.717, 1.165) is 38.8 Å². The van der Waals surface area contributed by atoms with Gasteiger partial charge in [-0.3, -0.25) is 9.55 Å². The van der Waals surface area contributed by atoms with Crippen molar-refractivity contribution in [2.24, 2.45) is 0 Å². The Labute approximate surface area is 224 Å². The van der Waals surface area contributed by atoms with E-state index in [1.807, 2.05) is 31.3 Å². The first-order valence-corrected chi connectivity index (χ1v) is 13.4. The van der Waals surface area contributed by atoms with E-state index in [0.29, 0.717) is 35.7 Å². The number of hydrogen-bond acceptors (Lipinski definition) is 7. The van der Waals surface area contributed by atoms with Gasteiger partial charge in [-0.2, -0.15) is 0 Å². The highest BCUT2D eigenvalue weighted by Gasteiger charge is 2.35. The highest BCUT2D eigenvalue weighted by atomic mass is 32.2. The van der Waals surface area contributed by atoms with Crippen LogP contribution in [0.3, 0.4) is 0 Å². The highest BCUT2D eigenvalue weighted by molar-refractivity contribution is 7.99. The zero-order valence-corrected chi connectivity index (χ0v) is 22.2. The number of halogens is 1. The molecule has 3 aromatic heterocycles. The number of anilines is 1. The molecular formula is C29H27FN6OS. The van der Waals surface area contributed by atoms with Gasteiger partial charge in [0.1, 0.15) is 11.6 Å². The van der Waals surface area contributed by atoms with Crippen LogP contribution in [0.25, 0.3) is 33.7 Å². The molecule has 38 heavy (non-hydrogen) atoms. The van der Waals surface area contributed by atoms with E-state index in [-0.39, 0.29) is 17.1 Å². The summed E-state index contributed by atoms with van der Waals surface area (Å²) in [6.45, 7) is 6.98. The molecule has 9 heteroatoms. The Hall–Kier alpha value is -3.98. The smallest absolute Gasteiger partial charge is 0.171 e. The van der Waals surface area contributed by atoms with Gasteiger partial charge in [0, 0.05) is 35.8 Å². The quantitative estimate of drug-likeness (QED) is 0.272. The number of aromatic hydroxyl groups is 1. The van der Waals surface area contributed by atoms with Crippen LogP contribution < -0.4 is 5.32 Å². The lowest BCUT2D eigenvalue weighted by Gasteiger charge is -2.20. The van der Waals surface area contributed by atoms with Gasteiger partial charge in [-0.25, -0.2) is 19.3 Å². The zero-order chi connectivity index (χ0) is 26.4. The Bertz CT molecular complexity index is 1680. The van der Waals surface area contributed by atoms with E-state index < -0.39 is 0 Å². The molecule has 192 valence electrons. The number of pyridine rings is 1. The van der Waals surface area contributed by atoms with Crippen molar-refractivity contribution < 1.29 is 9.50 Å². The zero-order valence-electron chi connectivity index (χ0n) is 21.4. The number of rotatable bonds is 6. The monoisotopic (exact) mass is 526 g/mol. The van der Waals surface area contributed by atoms with Gasteiger partial charge in [-0.15, -0.1) is 0 Å². The van der Waals surface area contributed by atoms with Crippen molar-refractivity contribution in [2.45, 2.75) is 37.9 Å². The molecule has 7 nitrogen and oxygen atoms in total. The number of imidazole rings is 1. The molecule has 0 radical (unpaired) electrons. The maximum absolute atomic E-state index is 13.8. The van der Waals surface area contributed by atoms with Crippen molar-refractivity contribution in [1.29, 1.82) is 0 Å². The van der Waals surface area contributed by atoms with Crippen molar-refractivity contribution in [2.75, 3.05) is 17.6 Å². The SMILES string of the molecule is Cc1cncc(-c2nc(NCCc3ccc(O)c(-c4cccc(F)c4)c3)c3nc4n(c3n2)C(C)(C)CS4)c1. The largest absolute Gasteiger partial charge is 0.507 e. The predicted octanol–water partition coefficient (Wildman–Crippen LogP) is 6.20. The average molecular weight is 527 g/mol. The summed E-state index contributed by atoms with van der Waals surface area (Å²) in [6, 6.07) is 13.7. The maximum atomic E-state index is 13.8. The van der Waals surface area contributed by atoms with Crippen LogP contribution in [0.5, 0.6) is 5.75 Å². The molecule has 0 fully saturated rings. The molecule has 0 saturated heterocycles. The number of fused-ring (bicyclic) bond motifs is 3. The summed E-state index contributed by atoms with van der Waals surface area (Å²) in [4.78, 5) is 19.0. The van der Waals surface area contributed by atoms with Gasteiger partial charge in [0.05, 0.1) is 5.54 Å². The fourth-order valence-corrected chi connectivity index (χ4v) is 6.00. The molecule has 4 heterocycles. The topological polar surface area (TPSA) is 88.8 Å². The minimum atomic E-state index is -0.338. The van der Waals surface area contributed by atoms with E-state index in [2.05, 4.69) is 28.7 Å². The first-order chi connectivity index (χ1) is 18.3. The van der Waals surface area contributed by atoms with Crippen molar-refractivity contribution in [1.82, 2.24) is 24.5 Å². The van der Waals surface area contributed by atoms with Crippen LogP contribution in [0.4, 0.5) is 10.2 Å². The second-order valence-electron chi connectivity index (χ2n) is 10.2. The summed E-state index contributed by atoms with van der Waals surface area (Å²) in [5, 5.41) is 14.8. The Morgan fingerprint density at radius 3 is 2.74 bits per heavy atom. The van der Waals surface area contributed by atoms with E-state index in [1.165, 1.54) is 12.1 Å². The number of phenols is 1. The molecule has 1 aliphatic heterocycles. The molecule has 0 amide bonds. The van der Waals surface area contributed by atoms with Gasteiger partial charge in [0.15, 0.2) is 28.0 Å². The molecule has 0 aliphatic carbocycles. The molecule has 0 spiro atoms. The number of nitrogens with zero attached hydrogens (tertiary/aromatic N) is 5. The molecule has 0 saturated carbocycles. The third kappa shape index (κ3) is 4.47. The summed E-state index contributed by atoms with van der Waals surface area (Å²) in [6.07, 6.45) is 4.26. The van der Waals surface area contributed by atoms with Crippen LogP contribution in [-0.2, 0) is 12.0 Å². The molecule has 0 bridgehead atoms. The fourth-order valence-electron chi connectivity index (χ4n) is 4.77. The Morgan fingerprint density at radius 2 is 1.92 bits per heavy atom. The molecule has 6 rings (SSSR count). The Balaban J connectivity index is 1.33. The average Bonchev–Trinajstić information content (AvgIpc) is 3.42. The third-order valence-electron chi connectivity index (χ3n) is 6.67. The summed E-state index contributed by atoms with van der Waals surface area (Å²) in [5.41, 5.74) is 5.58. The summed E-state index contributed by atoms with van der Waals surface area (Å²) < 4.78 is 16.0. The van der Waals surface area contributed by atoms with Gasteiger partial charge in [0.2, 0.25) is 0 Å². The molecule has 5 aromatic rings. The molecule has 0 unspecified atom stereocenters. The lowest BCUT2D eigenvalue weighted by atomic mass is 10.0. The standard InChI is InChI=1S/C29H27FN6OS/c1-17-11-20(15-31-14-17)25-34-26(24-27(35-25)36-28(33-24)38-16-29(36,2)3)32-10-9-18-7-8-23(37)22(12-18)19-5-4-6-21(30)13-19/h4-8,11-15,37H,9-10,16H2,1-3H3,(H,32,34,35). The normalized spacial score (nSPS) is 14.1. The van der Waals surface area contributed by atoms with Crippen LogP contribution >= 0.6 is 11.8 Å². The van der Waals surface area contributed by atoms with E-state index in [9.17, 15) is 9.50 Å². The van der Waals surface area contributed by atoms with Gasteiger partial charge in [-0.05, 0) is 74.2 Å². The fraction of sp³-hybridized carbons (Fsp3) is 0.241. The predicted molar refractivity (Wildman–Crippen MR) is 149 cm³/mol. The van der Waals surface area contributed by atoms with Crippen LogP contribution in [-0.4, -0.2) is 41.9 Å². The number of nitrogens with one attached hydrogen (secondary N) is 1. The van der Waals surface area contributed by atoms with Crippen LogP contribution in [0.1, 0.15) is 25.0 Å². The van der Waals surface area contributed by atoms with E-state index in [1.54, 1.807) is 36.2 Å². The Kier molecular flexibility index (Phi) is 6.03. The molecular weight excluding hydrogens is 499 g/mol. The summed E-state index contributed by atoms with van der Waals surface area (Å²) in [5.74, 6) is 2.00. The molecule has 2 N–H and O–H groups in total. The van der Waals surface area contributed by atoms with Crippen LogP contribution in [0.15, 0.2) is 66.1 Å². The minimum Gasteiger partial charge on any atom is -0.507 e. The van der Waals surface area contributed by atoms with Crippen LogP contribution in [0.2, 0.25) is 0 Å². The second-order valence-corrected chi connectivity index (χ2v) is 11.1. The van der Waals surface area contributed by atoms with Crippen molar-refractivity contribution >= 4 is 28.7 Å². The molecule has 0 atom stereocenters. The molecule has 2 aromatic carbocycles. The summed E-state index contributed by atoms with van der Waals surface area (Å²) in [7, 11) is 0. The van der Waals surface area contributed by atoms with Crippen molar-refractivity contribution in [3.8, 4) is 28.3 Å². The summed E-state index contributed by atoms with van der Waals surface area (Å²) >= 11 is 1.73. The number of benzene rings is 2. The van der Waals surface area contributed by atoms with Crippen LogP contribution in [0, 0.1) is 12.7 Å². The lowest BCUT2D eigenvalue weighted by molar-refractivity contribution is 0.404. The first-order valence-electron chi connectivity index (χ1n) is 12.5. The number of aromatic nitrogens is 5. The number of thioether (sulfide) groups is 1. The van der Waals surface area contributed by atoms with Gasteiger partial charge in [-0.1, -0.05) is 30.0 Å². The van der Waals surface area contributed by atoms with Gasteiger partial charge in [0.25, 0.3) is 0 Å². The first kappa shape index (κ1) is 24.4. The van der Waals surface area contributed by atoms with Gasteiger partial charge < -0.3 is 10.4 Å². The van der Waals surface area contributed by atoms with Crippen molar-refractivity contribution in [3.05, 3.63) is 77.9 Å². The minimum absolute atomic E-state index is 0.109. The van der Waals surface area contributed by atoms with E-state index >= 15 is 0 Å². The van der Waals surface area contributed by atoms with Crippen molar-refractivity contribution in [3.63, 3.8) is 0 Å². The highest BCUT2D eigenvalue weighted by Crippen LogP contribution is 2.41. The third-order valence-corrected chi connectivity index (χ3v) is 8.05. The van der Waals surface area contributed by atoms with Gasteiger partial charge >= 0.3 is 0 Å². The lowest BCUT2D eigenvalue weighted by Crippen LogP contribution is -2.24. The maximum Gasteiger partial charge on any atom is 0.171 e. The van der Waals surface area contributed by atoms with E-state index in [4.69, 9.17) is 15.0 Å². The Morgan fingerprint density at radius 1 is 1.05 bits per heavy atom.